The number of hydrogen-bond acceptors (Lipinski definition) is 3. The zero-order valence-electron chi connectivity index (χ0n) is 5.28. The molecule has 0 bridgehead atoms. The topological polar surface area (TPSA) is 46.0 Å². The Morgan fingerprint density at radius 3 is 3.18 bits per heavy atom. The van der Waals surface area contributed by atoms with E-state index in [9.17, 15) is 0 Å². The Morgan fingerprint density at radius 1 is 1.55 bits per heavy atom. The van der Waals surface area contributed by atoms with Crippen LogP contribution in [0, 0.1) is 4.64 Å². The van der Waals surface area contributed by atoms with E-state index in [1.165, 1.54) is 17.0 Å². The van der Waals surface area contributed by atoms with Gasteiger partial charge in [0.15, 0.2) is 0 Å². The predicted molar refractivity (Wildman–Crippen MR) is 43.2 cm³/mol. The number of fused-ring (bicyclic) bond motifs is 1. The van der Waals surface area contributed by atoms with Crippen molar-refractivity contribution in [2.75, 3.05) is 0 Å². The standard InChI is InChI=1S/C5H3ClN4S/c6-3-1-7-5-8-2-9-10(5)4(3)11/h1-2H,(H,7,8,9). The maximum absolute atomic E-state index is 5.71. The molecule has 0 atom stereocenters. The molecule has 2 heterocycles. The minimum Gasteiger partial charge on any atom is -0.280 e. The molecule has 1 N–H and O–H groups in total. The van der Waals surface area contributed by atoms with E-state index in [4.69, 9.17) is 23.8 Å². The quantitative estimate of drug-likeness (QED) is 0.634. The van der Waals surface area contributed by atoms with Crippen molar-refractivity contribution in [1.82, 2.24) is 19.6 Å². The van der Waals surface area contributed by atoms with Gasteiger partial charge in [0.25, 0.3) is 5.78 Å². The Bertz CT molecular complexity index is 445. The Kier molecular flexibility index (Phi) is 1.40. The van der Waals surface area contributed by atoms with Crippen molar-refractivity contribution in [3.63, 3.8) is 0 Å². The molecule has 4 nitrogen and oxygen atoms in total. The molecule has 0 aromatic carbocycles. The number of H-pyrrole nitrogens is 1. The highest BCUT2D eigenvalue weighted by Gasteiger charge is 1.98. The van der Waals surface area contributed by atoms with Crippen LogP contribution in [-0.2, 0) is 0 Å². The van der Waals surface area contributed by atoms with Gasteiger partial charge in [-0.3, -0.25) is 5.10 Å². The van der Waals surface area contributed by atoms with Crippen LogP contribution < -0.4 is 0 Å². The zero-order valence-corrected chi connectivity index (χ0v) is 6.85. The van der Waals surface area contributed by atoms with Crippen LogP contribution in [0.4, 0.5) is 0 Å². The summed E-state index contributed by atoms with van der Waals surface area (Å²) in [7, 11) is 0. The first-order valence-electron chi connectivity index (χ1n) is 2.85. The summed E-state index contributed by atoms with van der Waals surface area (Å²) in [6.45, 7) is 0. The van der Waals surface area contributed by atoms with Gasteiger partial charge in [0.05, 0.1) is 11.2 Å². The zero-order chi connectivity index (χ0) is 7.84. The monoisotopic (exact) mass is 186 g/mol. The third-order valence-electron chi connectivity index (χ3n) is 1.27. The first-order chi connectivity index (χ1) is 5.29. The van der Waals surface area contributed by atoms with E-state index in [2.05, 4.69) is 15.1 Å². The van der Waals surface area contributed by atoms with Crippen molar-refractivity contribution >= 4 is 29.6 Å². The summed E-state index contributed by atoms with van der Waals surface area (Å²) in [5.41, 5.74) is 0. The van der Waals surface area contributed by atoms with Gasteiger partial charge in [-0.15, -0.1) is 0 Å². The van der Waals surface area contributed by atoms with Crippen LogP contribution in [0.15, 0.2) is 12.5 Å². The van der Waals surface area contributed by atoms with E-state index < -0.39 is 0 Å². The number of hydrogen-bond donors (Lipinski definition) is 1. The molecular weight excluding hydrogens is 184 g/mol. The van der Waals surface area contributed by atoms with Gasteiger partial charge in [-0.1, -0.05) is 23.8 Å². The lowest BCUT2D eigenvalue weighted by Gasteiger charge is -1.91. The lowest BCUT2D eigenvalue weighted by molar-refractivity contribution is 0.924. The van der Waals surface area contributed by atoms with Gasteiger partial charge in [-0.2, -0.15) is 0 Å². The molecular formula is C5H3ClN4S. The van der Waals surface area contributed by atoms with Crippen LogP contribution in [0.1, 0.15) is 0 Å². The third kappa shape index (κ3) is 0.928. The Balaban J connectivity index is 3.05. The molecule has 6 heteroatoms. The van der Waals surface area contributed by atoms with Crippen LogP contribution in [0.25, 0.3) is 5.78 Å². The second-order valence-corrected chi connectivity index (χ2v) is 2.73. The van der Waals surface area contributed by atoms with Gasteiger partial charge in [-0.25, -0.2) is 14.5 Å². The summed E-state index contributed by atoms with van der Waals surface area (Å²) in [5.74, 6) is 0.527. The Labute approximate surface area is 71.8 Å². The predicted octanol–water partition coefficient (Wildman–Crippen LogP) is 1.44. The SMILES string of the molecule is S=c1c(Cl)cnc2nc[nH]n12. The van der Waals surface area contributed by atoms with E-state index in [0.29, 0.717) is 15.4 Å². The van der Waals surface area contributed by atoms with E-state index in [1.807, 2.05) is 0 Å². The van der Waals surface area contributed by atoms with Crippen LogP contribution in [0.3, 0.4) is 0 Å². The van der Waals surface area contributed by atoms with Crippen molar-refractivity contribution in [1.29, 1.82) is 0 Å². The Morgan fingerprint density at radius 2 is 2.36 bits per heavy atom. The van der Waals surface area contributed by atoms with Crippen LogP contribution in [-0.4, -0.2) is 19.6 Å². The summed E-state index contributed by atoms with van der Waals surface area (Å²) < 4.78 is 2.03. The average Bonchev–Trinajstić information content (AvgIpc) is 2.45. The van der Waals surface area contributed by atoms with Crippen LogP contribution in [0.2, 0.25) is 5.02 Å². The molecule has 11 heavy (non-hydrogen) atoms. The second kappa shape index (κ2) is 2.28. The molecule has 0 radical (unpaired) electrons. The van der Waals surface area contributed by atoms with Gasteiger partial charge in [0.2, 0.25) is 0 Å². The van der Waals surface area contributed by atoms with Crippen molar-refractivity contribution in [3.8, 4) is 0 Å². The molecule has 56 valence electrons. The first-order valence-corrected chi connectivity index (χ1v) is 3.64. The molecule has 0 aliphatic heterocycles. The highest BCUT2D eigenvalue weighted by atomic mass is 35.5. The first kappa shape index (κ1) is 6.75. The fourth-order valence-corrected chi connectivity index (χ4v) is 1.10. The summed E-state index contributed by atoms with van der Waals surface area (Å²) in [6, 6.07) is 0. The third-order valence-corrected chi connectivity index (χ3v) is 2.06. The fourth-order valence-electron chi connectivity index (χ4n) is 0.777. The molecule has 2 aromatic heterocycles. The second-order valence-electron chi connectivity index (χ2n) is 1.93. The molecule has 0 aliphatic rings. The van der Waals surface area contributed by atoms with Gasteiger partial charge < -0.3 is 0 Å². The summed E-state index contributed by atoms with van der Waals surface area (Å²) in [5, 5.41) is 3.23. The number of rotatable bonds is 0. The summed E-state index contributed by atoms with van der Waals surface area (Å²) in [6.07, 6.45) is 2.99. The normalized spacial score (nSPS) is 10.6. The average molecular weight is 187 g/mol. The Hall–Kier alpha value is -0.940. The maximum Gasteiger partial charge on any atom is 0.251 e. The van der Waals surface area contributed by atoms with Gasteiger partial charge >= 0.3 is 0 Å². The number of aromatic nitrogens is 4. The van der Waals surface area contributed by atoms with Crippen molar-refractivity contribution in [2.45, 2.75) is 0 Å². The summed E-state index contributed by atoms with van der Waals surface area (Å²) in [4.78, 5) is 7.82. The van der Waals surface area contributed by atoms with Gasteiger partial charge in [0, 0.05) is 0 Å². The molecule has 0 saturated carbocycles. The van der Waals surface area contributed by atoms with Crippen molar-refractivity contribution in [3.05, 3.63) is 22.2 Å². The maximum atomic E-state index is 5.71. The number of nitrogens with one attached hydrogen (secondary N) is 1. The molecule has 0 spiro atoms. The number of aromatic amines is 1. The van der Waals surface area contributed by atoms with E-state index in [1.54, 1.807) is 0 Å². The molecule has 0 fully saturated rings. The molecule has 2 rings (SSSR count). The highest BCUT2D eigenvalue weighted by molar-refractivity contribution is 7.71. The minimum atomic E-state index is 0.446. The molecule has 0 aliphatic carbocycles. The van der Waals surface area contributed by atoms with Gasteiger partial charge in [-0.05, 0) is 0 Å². The van der Waals surface area contributed by atoms with E-state index in [-0.39, 0.29) is 0 Å². The molecule has 0 amide bonds. The largest absolute Gasteiger partial charge is 0.280 e. The molecule has 2 aromatic rings. The van der Waals surface area contributed by atoms with Crippen LogP contribution in [0.5, 0.6) is 0 Å². The highest BCUT2D eigenvalue weighted by Crippen LogP contribution is 2.08. The lowest BCUT2D eigenvalue weighted by Crippen LogP contribution is -1.91. The van der Waals surface area contributed by atoms with Crippen LogP contribution >= 0.6 is 23.8 Å². The van der Waals surface area contributed by atoms with E-state index in [0.717, 1.165) is 0 Å². The smallest absolute Gasteiger partial charge is 0.251 e. The molecule has 0 saturated heterocycles. The number of halogens is 1. The fraction of sp³-hybridized carbons (Fsp3) is 0. The lowest BCUT2D eigenvalue weighted by atomic mass is 10.7. The van der Waals surface area contributed by atoms with Crippen molar-refractivity contribution in [2.24, 2.45) is 0 Å². The minimum absolute atomic E-state index is 0.446. The van der Waals surface area contributed by atoms with Gasteiger partial charge in [0.1, 0.15) is 11.0 Å². The van der Waals surface area contributed by atoms with Crippen molar-refractivity contribution < 1.29 is 0 Å². The van der Waals surface area contributed by atoms with E-state index >= 15 is 0 Å². The number of nitrogens with zero attached hydrogens (tertiary/aromatic N) is 3. The summed E-state index contributed by atoms with van der Waals surface area (Å²) >= 11 is 10.7. The molecule has 0 unspecified atom stereocenters.